The predicted molar refractivity (Wildman–Crippen MR) is 109 cm³/mol. The van der Waals surface area contributed by atoms with Crippen molar-refractivity contribution < 1.29 is 4.74 Å². The first-order valence-electron chi connectivity index (χ1n) is 10.2. The highest BCUT2D eigenvalue weighted by atomic mass is 79.9. The molecule has 0 radical (unpaired) electrons. The van der Waals surface area contributed by atoms with E-state index in [2.05, 4.69) is 26.3 Å². The van der Waals surface area contributed by atoms with E-state index in [-0.39, 0.29) is 5.41 Å². The van der Waals surface area contributed by atoms with Crippen LogP contribution >= 0.6 is 15.9 Å². The minimum atomic E-state index is 0.166. The van der Waals surface area contributed by atoms with Crippen LogP contribution in [0, 0.1) is 5.92 Å². The number of ether oxygens (including phenoxy) is 1. The maximum absolute atomic E-state index is 6.17. The average molecular weight is 434 g/mol. The van der Waals surface area contributed by atoms with Crippen molar-refractivity contribution in [3.8, 4) is 0 Å². The van der Waals surface area contributed by atoms with Gasteiger partial charge < -0.3 is 15.8 Å². The SMILES string of the molecule is COCC1Cc2c(nc3c(Br)cnn3c2N[C@H]2CC[C@H](N)C2)C12CCCC2. The average Bonchev–Trinajstić information content (AvgIpc) is 3.41. The maximum atomic E-state index is 6.17. The van der Waals surface area contributed by atoms with Gasteiger partial charge in [0.05, 0.1) is 23.0 Å². The topological polar surface area (TPSA) is 77.5 Å². The molecule has 3 aliphatic carbocycles. The molecule has 2 heterocycles. The summed E-state index contributed by atoms with van der Waals surface area (Å²) in [5.41, 5.74) is 9.89. The van der Waals surface area contributed by atoms with Crippen LogP contribution in [0.25, 0.3) is 5.65 Å². The Bertz CT molecular complexity index is 860. The van der Waals surface area contributed by atoms with Gasteiger partial charge in [0, 0.05) is 30.2 Å². The monoisotopic (exact) mass is 433 g/mol. The fourth-order valence-electron chi connectivity index (χ4n) is 5.80. The van der Waals surface area contributed by atoms with Crippen LogP contribution in [0.4, 0.5) is 5.82 Å². The number of fused-ring (bicyclic) bond motifs is 3. The highest BCUT2D eigenvalue weighted by Gasteiger charge is 2.51. The number of methoxy groups -OCH3 is 1. The number of hydrogen-bond donors (Lipinski definition) is 2. The first-order chi connectivity index (χ1) is 13.1. The van der Waals surface area contributed by atoms with E-state index in [0.717, 1.165) is 48.2 Å². The van der Waals surface area contributed by atoms with Gasteiger partial charge in [-0.3, -0.25) is 0 Å². The highest BCUT2D eigenvalue weighted by Crippen LogP contribution is 2.54. The van der Waals surface area contributed by atoms with E-state index in [1.165, 1.54) is 36.9 Å². The summed E-state index contributed by atoms with van der Waals surface area (Å²) in [5, 5.41) is 8.44. The molecule has 7 heteroatoms. The van der Waals surface area contributed by atoms with E-state index in [0.29, 0.717) is 18.0 Å². The van der Waals surface area contributed by atoms with E-state index in [9.17, 15) is 0 Å². The zero-order valence-corrected chi connectivity index (χ0v) is 17.5. The lowest BCUT2D eigenvalue weighted by molar-refractivity contribution is 0.112. The minimum Gasteiger partial charge on any atom is -0.384 e. The molecule has 146 valence electrons. The lowest BCUT2D eigenvalue weighted by Crippen LogP contribution is -2.32. The van der Waals surface area contributed by atoms with Crippen LogP contribution in [0.5, 0.6) is 0 Å². The zero-order valence-electron chi connectivity index (χ0n) is 15.9. The summed E-state index contributed by atoms with van der Waals surface area (Å²) in [4.78, 5) is 5.17. The number of nitrogens with zero attached hydrogens (tertiary/aromatic N) is 3. The lowest BCUT2D eigenvalue weighted by Gasteiger charge is -2.31. The number of aromatic nitrogens is 3. The molecule has 6 nitrogen and oxygen atoms in total. The number of nitrogens with one attached hydrogen (secondary N) is 1. The van der Waals surface area contributed by atoms with Crippen LogP contribution < -0.4 is 11.1 Å². The van der Waals surface area contributed by atoms with Gasteiger partial charge in [0.1, 0.15) is 5.82 Å². The van der Waals surface area contributed by atoms with E-state index in [1.54, 1.807) is 0 Å². The first kappa shape index (κ1) is 17.9. The van der Waals surface area contributed by atoms with Crippen molar-refractivity contribution in [2.75, 3.05) is 19.0 Å². The third-order valence-corrected chi connectivity index (χ3v) is 7.64. The molecule has 27 heavy (non-hydrogen) atoms. The molecule has 3 N–H and O–H groups in total. The van der Waals surface area contributed by atoms with Gasteiger partial charge in [0.15, 0.2) is 5.65 Å². The van der Waals surface area contributed by atoms with Gasteiger partial charge in [0.2, 0.25) is 0 Å². The standard InChI is InChI=1S/C20H28BrN5O/c1-27-11-12-8-15-17(20(12)6-2-3-7-20)25-19-16(21)10-23-26(19)18(15)24-14-5-4-13(22)9-14/h10,12-14,24H,2-9,11,22H2,1H3/t12?,13-,14-/m0/s1. The Morgan fingerprint density at radius 1 is 1.37 bits per heavy atom. The molecule has 0 bridgehead atoms. The van der Waals surface area contributed by atoms with Crippen molar-refractivity contribution in [3.05, 3.63) is 21.9 Å². The van der Waals surface area contributed by atoms with Crippen molar-refractivity contribution in [1.82, 2.24) is 14.6 Å². The minimum absolute atomic E-state index is 0.166. The summed E-state index contributed by atoms with van der Waals surface area (Å²) in [6.45, 7) is 0.799. The summed E-state index contributed by atoms with van der Waals surface area (Å²) >= 11 is 3.66. The van der Waals surface area contributed by atoms with E-state index < -0.39 is 0 Å². The number of nitrogens with two attached hydrogens (primary N) is 1. The molecule has 3 atom stereocenters. The van der Waals surface area contributed by atoms with Crippen molar-refractivity contribution in [2.45, 2.75) is 68.9 Å². The van der Waals surface area contributed by atoms with Gasteiger partial charge in [-0.2, -0.15) is 9.61 Å². The molecule has 2 fully saturated rings. The summed E-state index contributed by atoms with van der Waals surface area (Å²) < 4.78 is 8.59. The Kier molecular flexibility index (Phi) is 4.44. The highest BCUT2D eigenvalue weighted by molar-refractivity contribution is 9.10. The van der Waals surface area contributed by atoms with Gasteiger partial charge in [-0.15, -0.1) is 0 Å². The molecule has 0 amide bonds. The predicted octanol–water partition coefficient (Wildman–Crippen LogP) is 3.41. The summed E-state index contributed by atoms with van der Waals surface area (Å²) in [7, 11) is 1.82. The Morgan fingerprint density at radius 2 is 2.19 bits per heavy atom. The Morgan fingerprint density at radius 3 is 2.89 bits per heavy atom. The largest absolute Gasteiger partial charge is 0.384 e. The van der Waals surface area contributed by atoms with Crippen LogP contribution in [0.2, 0.25) is 0 Å². The van der Waals surface area contributed by atoms with Crippen LogP contribution in [0.1, 0.15) is 56.2 Å². The lowest BCUT2D eigenvalue weighted by atomic mass is 9.75. The van der Waals surface area contributed by atoms with Crippen LogP contribution in [0.3, 0.4) is 0 Å². The van der Waals surface area contributed by atoms with Gasteiger partial charge in [-0.05, 0) is 60.4 Å². The van der Waals surface area contributed by atoms with Gasteiger partial charge >= 0.3 is 0 Å². The molecule has 2 aromatic heterocycles. The maximum Gasteiger partial charge on any atom is 0.171 e. The molecule has 1 spiro atoms. The fraction of sp³-hybridized carbons (Fsp3) is 0.700. The van der Waals surface area contributed by atoms with Gasteiger partial charge in [-0.25, -0.2) is 4.98 Å². The number of halogens is 1. The van der Waals surface area contributed by atoms with E-state index in [1.807, 2.05) is 17.8 Å². The van der Waals surface area contributed by atoms with Crippen LogP contribution in [-0.2, 0) is 16.6 Å². The van der Waals surface area contributed by atoms with Crippen molar-refractivity contribution in [3.63, 3.8) is 0 Å². The molecule has 1 unspecified atom stereocenters. The van der Waals surface area contributed by atoms with Gasteiger partial charge in [0.25, 0.3) is 0 Å². The third-order valence-electron chi connectivity index (χ3n) is 7.08. The molecular weight excluding hydrogens is 406 g/mol. The van der Waals surface area contributed by atoms with Crippen molar-refractivity contribution >= 4 is 27.4 Å². The molecule has 0 aliphatic heterocycles. The second kappa shape index (κ2) is 6.71. The van der Waals surface area contributed by atoms with Crippen molar-refractivity contribution in [2.24, 2.45) is 11.7 Å². The Labute approximate surface area is 168 Å². The Balaban J connectivity index is 1.65. The summed E-state index contributed by atoms with van der Waals surface area (Å²) in [6, 6.07) is 0.721. The number of hydrogen-bond acceptors (Lipinski definition) is 5. The van der Waals surface area contributed by atoms with E-state index >= 15 is 0 Å². The molecule has 5 rings (SSSR count). The first-order valence-corrected chi connectivity index (χ1v) is 11.0. The number of rotatable bonds is 4. The zero-order chi connectivity index (χ0) is 18.6. The molecule has 0 saturated heterocycles. The summed E-state index contributed by atoms with van der Waals surface area (Å²) in [5.74, 6) is 1.63. The van der Waals surface area contributed by atoms with Crippen molar-refractivity contribution in [1.29, 1.82) is 0 Å². The number of anilines is 1. The molecule has 0 aromatic carbocycles. The molecule has 2 aromatic rings. The quantitative estimate of drug-likeness (QED) is 0.771. The molecule has 3 aliphatic rings. The fourth-order valence-corrected chi connectivity index (χ4v) is 6.15. The van der Waals surface area contributed by atoms with Crippen LogP contribution in [0.15, 0.2) is 10.7 Å². The van der Waals surface area contributed by atoms with E-state index in [4.69, 9.17) is 15.5 Å². The smallest absolute Gasteiger partial charge is 0.171 e. The second-order valence-electron chi connectivity index (χ2n) is 8.65. The summed E-state index contributed by atoms with van der Waals surface area (Å²) in [6.07, 6.45) is 11.1. The molecule has 2 saturated carbocycles. The molecular formula is C20H28BrN5O. The normalized spacial score (nSPS) is 29.1. The third kappa shape index (κ3) is 2.73. The Hall–Kier alpha value is -1.18. The second-order valence-corrected chi connectivity index (χ2v) is 9.50. The van der Waals surface area contributed by atoms with Crippen LogP contribution in [-0.4, -0.2) is 40.4 Å². The van der Waals surface area contributed by atoms with Gasteiger partial charge in [-0.1, -0.05) is 12.8 Å².